The van der Waals surface area contributed by atoms with Gasteiger partial charge in [-0.2, -0.15) is 5.10 Å². The zero-order valence-corrected chi connectivity index (χ0v) is 14.2. The molecule has 1 aromatic heterocycles. The van der Waals surface area contributed by atoms with Crippen LogP contribution in [0, 0.1) is 13.8 Å². The number of hydrogen-bond donors (Lipinski definition) is 1. The number of primary amides is 1. The molecule has 0 atom stereocenters. The molecule has 0 aliphatic carbocycles. The lowest BCUT2D eigenvalue weighted by molar-refractivity contribution is -0.142. The van der Waals surface area contributed by atoms with Crippen LogP contribution in [0.5, 0.6) is 0 Å². The largest absolute Gasteiger partial charge is 0.452 e. The summed E-state index contributed by atoms with van der Waals surface area (Å²) in [4.78, 5) is 22.1. The molecule has 0 bridgehead atoms. The van der Waals surface area contributed by atoms with E-state index in [1.54, 1.807) is 6.08 Å². The second-order valence-corrected chi connectivity index (χ2v) is 5.65. The average molecular weight is 348 g/mol. The molecule has 6 nitrogen and oxygen atoms in total. The van der Waals surface area contributed by atoms with Crippen molar-refractivity contribution in [1.82, 2.24) is 9.78 Å². The lowest BCUT2D eigenvalue weighted by Gasteiger charge is -2.06. The minimum absolute atomic E-state index is 0.438. The number of carbonyl (C=O) groups excluding carboxylic acids is 2. The van der Waals surface area contributed by atoms with Gasteiger partial charge in [-0.1, -0.05) is 29.8 Å². The number of ether oxygens (including phenoxy) is 1. The highest BCUT2D eigenvalue weighted by atomic mass is 35.5. The number of rotatable bonds is 6. The predicted octanol–water partition coefficient (Wildman–Crippen LogP) is 2.24. The maximum absolute atomic E-state index is 11.5. The van der Waals surface area contributed by atoms with Crippen molar-refractivity contribution in [2.75, 3.05) is 6.61 Å². The highest BCUT2D eigenvalue weighted by Crippen LogP contribution is 2.20. The van der Waals surface area contributed by atoms with E-state index in [1.807, 2.05) is 42.8 Å². The maximum Gasteiger partial charge on any atom is 0.331 e. The van der Waals surface area contributed by atoms with Crippen LogP contribution in [0.2, 0.25) is 5.02 Å². The minimum atomic E-state index is -0.698. The number of amides is 1. The molecule has 0 unspecified atom stereocenters. The molecule has 1 amide bonds. The van der Waals surface area contributed by atoms with E-state index in [0.717, 1.165) is 22.5 Å². The highest BCUT2D eigenvalue weighted by molar-refractivity contribution is 6.31. The van der Waals surface area contributed by atoms with Gasteiger partial charge in [0, 0.05) is 22.4 Å². The summed E-state index contributed by atoms with van der Waals surface area (Å²) in [6, 6.07) is 7.56. The van der Waals surface area contributed by atoms with Gasteiger partial charge in [-0.05, 0) is 31.6 Å². The molecule has 24 heavy (non-hydrogen) atoms. The Bertz CT molecular complexity index is 796. The number of esters is 1. The van der Waals surface area contributed by atoms with Crippen molar-refractivity contribution in [3.8, 4) is 0 Å². The number of nitrogens with zero attached hydrogens (tertiary/aromatic N) is 2. The fourth-order valence-corrected chi connectivity index (χ4v) is 2.43. The molecule has 1 aromatic carbocycles. The van der Waals surface area contributed by atoms with E-state index in [4.69, 9.17) is 17.3 Å². The third kappa shape index (κ3) is 4.45. The van der Waals surface area contributed by atoms with Crippen molar-refractivity contribution in [1.29, 1.82) is 0 Å². The number of halogens is 1. The molecule has 0 fully saturated rings. The number of aromatic nitrogens is 2. The third-order valence-electron chi connectivity index (χ3n) is 3.46. The van der Waals surface area contributed by atoms with Crippen LogP contribution < -0.4 is 5.73 Å². The van der Waals surface area contributed by atoms with E-state index in [2.05, 4.69) is 9.84 Å². The van der Waals surface area contributed by atoms with Crippen LogP contribution in [-0.4, -0.2) is 28.3 Å². The van der Waals surface area contributed by atoms with Crippen molar-refractivity contribution in [3.05, 3.63) is 57.9 Å². The van der Waals surface area contributed by atoms with E-state index in [1.165, 1.54) is 6.08 Å². The van der Waals surface area contributed by atoms with Gasteiger partial charge >= 0.3 is 5.97 Å². The van der Waals surface area contributed by atoms with Gasteiger partial charge in [-0.15, -0.1) is 0 Å². The van der Waals surface area contributed by atoms with Gasteiger partial charge in [0.15, 0.2) is 6.61 Å². The molecule has 7 heteroatoms. The van der Waals surface area contributed by atoms with Crippen LogP contribution in [0.1, 0.15) is 22.5 Å². The molecule has 0 radical (unpaired) electrons. The normalized spacial score (nSPS) is 11.0. The first-order chi connectivity index (χ1) is 11.4. The van der Waals surface area contributed by atoms with Crippen molar-refractivity contribution >= 4 is 29.6 Å². The zero-order chi connectivity index (χ0) is 17.7. The highest BCUT2D eigenvalue weighted by Gasteiger charge is 2.11. The van der Waals surface area contributed by atoms with Crippen LogP contribution in [0.15, 0.2) is 30.3 Å². The van der Waals surface area contributed by atoms with E-state index in [9.17, 15) is 9.59 Å². The van der Waals surface area contributed by atoms with Gasteiger partial charge in [0.2, 0.25) is 0 Å². The van der Waals surface area contributed by atoms with Crippen LogP contribution in [0.25, 0.3) is 6.08 Å². The van der Waals surface area contributed by atoms with E-state index in [-0.39, 0.29) is 0 Å². The van der Waals surface area contributed by atoms with Crippen molar-refractivity contribution < 1.29 is 14.3 Å². The Balaban J connectivity index is 2.15. The lowest BCUT2D eigenvalue weighted by atomic mass is 10.1. The maximum atomic E-state index is 11.5. The first-order valence-corrected chi connectivity index (χ1v) is 7.67. The first-order valence-electron chi connectivity index (χ1n) is 7.29. The summed E-state index contributed by atoms with van der Waals surface area (Å²) < 4.78 is 6.50. The van der Waals surface area contributed by atoms with Crippen molar-refractivity contribution in [3.63, 3.8) is 0 Å². The molecule has 0 aliphatic heterocycles. The van der Waals surface area contributed by atoms with E-state index in [0.29, 0.717) is 11.6 Å². The second kappa shape index (κ2) is 7.79. The van der Waals surface area contributed by atoms with Gasteiger partial charge in [-0.25, -0.2) is 4.79 Å². The zero-order valence-electron chi connectivity index (χ0n) is 13.5. The van der Waals surface area contributed by atoms with Gasteiger partial charge < -0.3 is 10.5 Å². The molecule has 2 N–H and O–H groups in total. The molecule has 0 saturated carbocycles. The molecule has 0 saturated heterocycles. The van der Waals surface area contributed by atoms with Gasteiger partial charge in [0.05, 0.1) is 12.2 Å². The van der Waals surface area contributed by atoms with Gasteiger partial charge in [0.25, 0.3) is 5.91 Å². The topological polar surface area (TPSA) is 87.2 Å². The summed E-state index contributed by atoms with van der Waals surface area (Å²) in [5, 5.41) is 5.16. The van der Waals surface area contributed by atoms with Crippen LogP contribution in [0.4, 0.5) is 0 Å². The lowest BCUT2D eigenvalue weighted by Crippen LogP contribution is -2.19. The second-order valence-electron chi connectivity index (χ2n) is 5.24. The number of carbonyl (C=O) groups is 2. The van der Waals surface area contributed by atoms with Crippen molar-refractivity contribution in [2.45, 2.75) is 20.4 Å². The summed E-state index contributed by atoms with van der Waals surface area (Å²) in [7, 11) is 0. The van der Waals surface area contributed by atoms with Crippen LogP contribution in [0.3, 0.4) is 0 Å². The number of hydrogen-bond acceptors (Lipinski definition) is 4. The molecular formula is C17H18ClN3O3. The molecule has 126 valence electrons. The molecule has 2 rings (SSSR count). The Labute approximate surface area is 144 Å². The summed E-state index contributed by atoms with van der Waals surface area (Å²) in [5.74, 6) is -1.33. The third-order valence-corrected chi connectivity index (χ3v) is 3.83. The van der Waals surface area contributed by atoms with E-state index >= 15 is 0 Å². The number of aryl methyl sites for hydroxylation is 1. The Morgan fingerprint density at radius 1 is 1.33 bits per heavy atom. The summed E-state index contributed by atoms with van der Waals surface area (Å²) >= 11 is 6.18. The molecule has 1 heterocycles. The first kappa shape index (κ1) is 17.7. The van der Waals surface area contributed by atoms with Gasteiger partial charge in [-0.3, -0.25) is 9.48 Å². The molecule has 2 aromatic rings. The van der Waals surface area contributed by atoms with Crippen molar-refractivity contribution in [2.24, 2.45) is 5.73 Å². The van der Waals surface area contributed by atoms with E-state index < -0.39 is 18.5 Å². The van der Waals surface area contributed by atoms with Crippen LogP contribution >= 0.6 is 11.6 Å². The minimum Gasteiger partial charge on any atom is -0.452 e. The summed E-state index contributed by atoms with van der Waals surface area (Å²) in [6.45, 7) is 3.86. The Hall–Kier alpha value is -2.60. The number of nitrogens with two attached hydrogens (primary N) is 1. The Kier molecular flexibility index (Phi) is 5.76. The quantitative estimate of drug-likeness (QED) is 0.641. The molecule has 0 spiro atoms. The smallest absolute Gasteiger partial charge is 0.331 e. The van der Waals surface area contributed by atoms with Crippen LogP contribution in [-0.2, 0) is 20.9 Å². The predicted molar refractivity (Wildman–Crippen MR) is 91.4 cm³/mol. The SMILES string of the molecule is Cc1nn(Cc2ccccc2Cl)c(C)c1/C=C/C(=O)OCC(N)=O. The molecular weight excluding hydrogens is 330 g/mol. The average Bonchev–Trinajstić information content (AvgIpc) is 2.79. The standard InChI is InChI=1S/C17H18ClN3O3/c1-11-14(7-8-17(23)24-10-16(19)22)12(2)21(20-11)9-13-5-3-4-6-15(13)18/h3-8H,9-10H2,1-2H3,(H2,19,22)/b8-7+. The fourth-order valence-electron chi connectivity index (χ4n) is 2.24. The Morgan fingerprint density at radius 2 is 2.04 bits per heavy atom. The van der Waals surface area contributed by atoms with Gasteiger partial charge in [0.1, 0.15) is 0 Å². The fraction of sp³-hybridized carbons (Fsp3) is 0.235. The summed E-state index contributed by atoms with van der Waals surface area (Å²) in [5.41, 5.74) is 8.37. The Morgan fingerprint density at radius 3 is 2.71 bits per heavy atom. The molecule has 0 aliphatic rings. The monoisotopic (exact) mass is 347 g/mol. The summed E-state index contributed by atoms with van der Waals surface area (Å²) in [6.07, 6.45) is 2.86. The number of benzene rings is 1.